The third kappa shape index (κ3) is 4.27. The maximum Gasteiger partial charge on any atom is 0.120 e. The van der Waals surface area contributed by atoms with Crippen molar-refractivity contribution in [2.75, 3.05) is 13.1 Å². The summed E-state index contributed by atoms with van der Waals surface area (Å²) in [5.41, 5.74) is 1.41. The van der Waals surface area contributed by atoms with Crippen molar-refractivity contribution in [2.45, 2.75) is 52.3 Å². The standard InChI is InChI=1S/C19H25N3OS/c1-14-11-15(2)22(20-14)16-8-10-21(12-16)13-18-6-5-17(24-18)7-9-19(3,4)23/h5-6,11,16,23H,8,10,12-13H2,1-4H3/t16-/m1/s1. The van der Waals surface area contributed by atoms with E-state index in [-0.39, 0.29) is 0 Å². The molecule has 1 aliphatic heterocycles. The molecule has 0 amide bonds. The normalized spacial score (nSPS) is 18.6. The van der Waals surface area contributed by atoms with E-state index in [1.54, 1.807) is 25.2 Å². The van der Waals surface area contributed by atoms with Crippen molar-refractivity contribution in [3.8, 4) is 11.8 Å². The molecular weight excluding hydrogens is 318 g/mol. The summed E-state index contributed by atoms with van der Waals surface area (Å²) in [5.74, 6) is 5.93. The van der Waals surface area contributed by atoms with Crippen molar-refractivity contribution < 1.29 is 5.11 Å². The molecule has 0 radical (unpaired) electrons. The molecule has 3 heterocycles. The Labute approximate surface area is 148 Å². The molecule has 2 aromatic heterocycles. The van der Waals surface area contributed by atoms with Crippen molar-refractivity contribution in [2.24, 2.45) is 0 Å². The maximum atomic E-state index is 9.69. The van der Waals surface area contributed by atoms with Crippen molar-refractivity contribution in [3.05, 3.63) is 39.3 Å². The van der Waals surface area contributed by atoms with Gasteiger partial charge in [0.25, 0.3) is 0 Å². The number of rotatable bonds is 3. The highest BCUT2D eigenvalue weighted by Crippen LogP contribution is 2.26. The number of aryl methyl sites for hydroxylation is 2. The lowest BCUT2D eigenvalue weighted by Gasteiger charge is -2.16. The lowest BCUT2D eigenvalue weighted by atomic mass is 10.1. The average molecular weight is 343 g/mol. The molecule has 1 aliphatic rings. The topological polar surface area (TPSA) is 41.3 Å². The Morgan fingerprint density at radius 2 is 2.17 bits per heavy atom. The monoisotopic (exact) mass is 343 g/mol. The largest absolute Gasteiger partial charge is 0.378 e. The van der Waals surface area contributed by atoms with E-state index in [4.69, 9.17) is 0 Å². The van der Waals surface area contributed by atoms with E-state index in [0.717, 1.165) is 36.6 Å². The molecule has 0 unspecified atom stereocenters. The van der Waals surface area contributed by atoms with Gasteiger partial charge in [0, 0.05) is 30.2 Å². The molecule has 0 spiro atoms. The maximum absolute atomic E-state index is 9.69. The third-order valence-electron chi connectivity index (χ3n) is 4.17. The van der Waals surface area contributed by atoms with Gasteiger partial charge in [0.05, 0.1) is 16.6 Å². The molecule has 1 saturated heterocycles. The van der Waals surface area contributed by atoms with Crippen LogP contribution in [-0.2, 0) is 6.54 Å². The van der Waals surface area contributed by atoms with E-state index in [9.17, 15) is 5.11 Å². The second-order valence-corrected chi connectivity index (χ2v) is 8.29. The third-order valence-corrected chi connectivity index (χ3v) is 5.16. The Bertz CT molecular complexity index is 773. The van der Waals surface area contributed by atoms with Crippen LogP contribution in [0.1, 0.15) is 47.5 Å². The number of aliphatic hydroxyl groups is 1. The minimum atomic E-state index is -0.938. The summed E-state index contributed by atoms with van der Waals surface area (Å²) in [6.07, 6.45) is 1.15. The summed E-state index contributed by atoms with van der Waals surface area (Å²) in [5, 5.41) is 14.3. The molecule has 1 N–H and O–H groups in total. The zero-order valence-corrected chi connectivity index (χ0v) is 15.7. The molecule has 24 heavy (non-hydrogen) atoms. The van der Waals surface area contributed by atoms with E-state index in [0.29, 0.717) is 6.04 Å². The SMILES string of the molecule is Cc1cc(C)n([C@@H]2CCN(Cc3ccc(C#CC(C)(C)O)s3)C2)n1. The second kappa shape index (κ2) is 6.72. The first-order valence-electron chi connectivity index (χ1n) is 8.39. The summed E-state index contributed by atoms with van der Waals surface area (Å²) in [6.45, 7) is 10.7. The Balaban J connectivity index is 1.61. The van der Waals surface area contributed by atoms with Crippen LogP contribution in [0.3, 0.4) is 0 Å². The summed E-state index contributed by atoms with van der Waals surface area (Å²) < 4.78 is 2.18. The van der Waals surface area contributed by atoms with Gasteiger partial charge in [-0.3, -0.25) is 9.58 Å². The Morgan fingerprint density at radius 1 is 1.38 bits per heavy atom. The number of likely N-dealkylation sites (tertiary alicyclic amines) is 1. The first-order chi connectivity index (χ1) is 11.3. The van der Waals surface area contributed by atoms with Gasteiger partial charge in [0.15, 0.2) is 0 Å². The summed E-state index contributed by atoms with van der Waals surface area (Å²) in [7, 11) is 0. The molecule has 5 heteroatoms. The summed E-state index contributed by atoms with van der Waals surface area (Å²) >= 11 is 1.72. The molecule has 0 aromatic carbocycles. The van der Waals surface area contributed by atoms with Gasteiger partial charge >= 0.3 is 0 Å². The Morgan fingerprint density at radius 3 is 2.83 bits per heavy atom. The molecule has 0 aliphatic carbocycles. The van der Waals surface area contributed by atoms with Crippen molar-refractivity contribution in [1.82, 2.24) is 14.7 Å². The lowest BCUT2D eigenvalue weighted by molar-refractivity contribution is 0.143. The van der Waals surface area contributed by atoms with E-state index in [1.807, 2.05) is 6.07 Å². The van der Waals surface area contributed by atoms with Gasteiger partial charge in [0.1, 0.15) is 5.60 Å². The zero-order chi connectivity index (χ0) is 17.3. The van der Waals surface area contributed by atoms with Crippen molar-refractivity contribution in [1.29, 1.82) is 0 Å². The van der Waals surface area contributed by atoms with E-state index in [2.05, 4.69) is 52.5 Å². The number of hydrogen-bond donors (Lipinski definition) is 1. The minimum Gasteiger partial charge on any atom is -0.378 e. The highest BCUT2D eigenvalue weighted by molar-refractivity contribution is 7.12. The van der Waals surface area contributed by atoms with Crippen molar-refractivity contribution in [3.63, 3.8) is 0 Å². The van der Waals surface area contributed by atoms with E-state index >= 15 is 0 Å². The number of nitrogens with zero attached hydrogens (tertiary/aromatic N) is 3. The number of aromatic nitrogens is 2. The fourth-order valence-electron chi connectivity index (χ4n) is 3.14. The van der Waals surface area contributed by atoms with Gasteiger partial charge in [0.2, 0.25) is 0 Å². The molecular formula is C19H25N3OS. The van der Waals surface area contributed by atoms with Gasteiger partial charge < -0.3 is 5.11 Å². The molecule has 3 rings (SSSR count). The van der Waals surface area contributed by atoms with Gasteiger partial charge in [-0.15, -0.1) is 11.3 Å². The van der Waals surface area contributed by atoms with Gasteiger partial charge in [-0.1, -0.05) is 11.8 Å². The molecule has 4 nitrogen and oxygen atoms in total. The number of thiophene rings is 1. The molecule has 0 saturated carbocycles. The highest BCUT2D eigenvalue weighted by atomic mass is 32.1. The van der Waals surface area contributed by atoms with Crippen LogP contribution in [0.4, 0.5) is 0 Å². The average Bonchev–Trinajstić information content (AvgIpc) is 3.17. The van der Waals surface area contributed by atoms with E-state index < -0.39 is 5.60 Å². The molecule has 1 fully saturated rings. The minimum absolute atomic E-state index is 0.480. The summed E-state index contributed by atoms with van der Waals surface area (Å²) in [6, 6.07) is 6.83. The smallest absolute Gasteiger partial charge is 0.120 e. The van der Waals surface area contributed by atoms with Crippen molar-refractivity contribution >= 4 is 11.3 Å². The van der Waals surface area contributed by atoms with Crippen LogP contribution in [-0.4, -0.2) is 38.5 Å². The van der Waals surface area contributed by atoms with Crippen LogP contribution in [0.5, 0.6) is 0 Å². The van der Waals surface area contributed by atoms with Crippen LogP contribution >= 0.6 is 11.3 Å². The lowest BCUT2D eigenvalue weighted by Crippen LogP contribution is -2.21. The molecule has 128 valence electrons. The Kier molecular flexibility index (Phi) is 4.82. The van der Waals surface area contributed by atoms with Crippen LogP contribution in [0.2, 0.25) is 0 Å². The first-order valence-corrected chi connectivity index (χ1v) is 9.21. The Hall–Kier alpha value is -1.61. The summed E-state index contributed by atoms with van der Waals surface area (Å²) in [4.78, 5) is 4.82. The molecule has 0 bridgehead atoms. The zero-order valence-electron chi connectivity index (χ0n) is 14.8. The van der Waals surface area contributed by atoms with Gasteiger partial charge in [-0.2, -0.15) is 5.10 Å². The van der Waals surface area contributed by atoms with Gasteiger partial charge in [-0.05, 0) is 52.3 Å². The van der Waals surface area contributed by atoms with Crippen LogP contribution < -0.4 is 0 Å². The predicted octanol–water partition coefficient (Wildman–Crippen LogP) is 3.13. The molecule has 2 aromatic rings. The fraction of sp³-hybridized carbons (Fsp3) is 0.526. The van der Waals surface area contributed by atoms with Crippen LogP contribution in [0, 0.1) is 25.7 Å². The number of hydrogen-bond acceptors (Lipinski definition) is 4. The highest BCUT2D eigenvalue weighted by Gasteiger charge is 2.25. The van der Waals surface area contributed by atoms with E-state index in [1.165, 1.54) is 10.6 Å². The first kappa shape index (κ1) is 17.2. The van der Waals surface area contributed by atoms with Crippen LogP contribution in [0.15, 0.2) is 18.2 Å². The van der Waals surface area contributed by atoms with Crippen LogP contribution in [0.25, 0.3) is 0 Å². The quantitative estimate of drug-likeness (QED) is 0.871. The van der Waals surface area contributed by atoms with Gasteiger partial charge in [-0.25, -0.2) is 0 Å². The predicted molar refractivity (Wildman–Crippen MR) is 98.1 cm³/mol. The fourth-order valence-corrected chi connectivity index (χ4v) is 4.04. The second-order valence-electron chi connectivity index (χ2n) is 7.12. The molecule has 1 atom stereocenters.